The predicted molar refractivity (Wildman–Crippen MR) is 99.9 cm³/mol. The Morgan fingerprint density at radius 1 is 1.24 bits per heavy atom. The Morgan fingerprint density at radius 3 is 2.72 bits per heavy atom. The Kier molecular flexibility index (Phi) is 5.39. The first kappa shape index (κ1) is 17.5. The van der Waals surface area contributed by atoms with Crippen LogP contribution in [0.5, 0.6) is 0 Å². The monoisotopic (exact) mass is 356 g/mol. The van der Waals surface area contributed by atoms with Gasteiger partial charge in [-0.2, -0.15) is 0 Å². The molecule has 1 saturated heterocycles. The number of halogens is 1. The van der Waals surface area contributed by atoms with Crippen molar-refractivity contribution in [2.75, 3.05) is 11.4 Å². The first-order chi connectivity index (χ1) is 12.0. The molecule has 130 valence electrons. The first-order valence-electron chi connectivity index (χ1n) is 8.45. The first-order valence-corrected chi connectivity index (χ1v) is 8.83. The number of amides is 2. The van der Waals surface area contributed by atoms with E-state index in [-0.39, 0.29) is 11.8 Å². The van der Waals surface area contributed by atoms with Gasteiger partial charge in [-0.3, -0.25) is 14.5 Å². The lowest BCUT2D eigenvalue weighted by Crippen LogP contribution is -2.45. The minimum Gasteiger partial charge on any atom is -0.354 e. The van der Waals surface area contributed by atoms with E-state index in [9.17, 15) is 9.59 Å². The fraction of sp³-hybridized carbons (Fsp3) is 0.300. The molecule has 1 aliphatic heterocycles. The highest BCUT2D eigenvalue weighted by molar-refractivity contribution is 6.30. The summed E-state index contributed by atoms with van der Waals surface area (Å²) in [5.41, 5.74) is 2.98. The van der Waals surface area contributed by atoms with Gasteiger partial charge in [0.25, 0.3) is 0 Å². The normalized spacial score (nSPS) is 17.0. The molecule has 1 aliphatic rings. The molecule has 1 N–H and O–H groups in total. The summed E-state index contributed by atoms with van der Waals surface area (Å²) in [4.78, 5) is 26.4. The van der Waals surface area contributed by atoms with Crippen molar-refractivity contribution in [2.45, 2.75) is 32.2 Å². The number of carbonyl (C=O) groups excluding carboxylic acids is 2. The van der Waals surface area contributed by atoms with Crippen LogP contribution in [-0.4, -0.2) is 24.4 Å². The SMILES string of the molecule is Cc1ccc(N2C(=O)CCC2C(=O)NCCc2cccc(Cl)c2)cc1. The molecule has 4 nitrogen and oxygen atoms in total. The molecule has 0 aromatic heterocycles. The van der Waals surface area contributed by atoms with E-state index in [4.69, 9.17) is 11.6 Å². The Bertz CT molecular complexity index is 774. The Hall–Kier alpha value is -2.33. The van der Waals surface area contributed by atoms with Gasteiger partial charge in [-0.05, 0) is 49.6 Å². The lowest BCUT2D eigenvalue weighted by molar-refractivity contribution is -0.123. The Balaban J connectivity index is 1.62. The number of aryl methyl sites for hydroxylation is 1. The molecule has 0 saturated carbocycles. The molecule has 3 rings (SSSR count). The molecule has 2 aromatic carbocycles. The largest absolute Gasteiger partial charge is 0.354 e. The highest BCUT2D eigenvalue weighted by Crippen LogP contribution is 2.27. The molecule has 1 fully saturated rings. The van der Waals surface area contributed by atoms with Gasteiger partial charge < -0.3 is 5.32 Å². The summed E-state index contributed by atoms with van der Waals surface area (Å²) >= 11 is 5.97. The molecule has 2 aromatic rings. The number of anilines is 1. The summed E-state index contributed by atoms with van der Waals surface area (Å²) < 4.78 is 0. The average molecular weight is 357 g/mol. The van der Waals surface area contributed by atoms with Gasteiger partial charge in [0.05, 0.1) is 0 Å². The number of hydrogen-bond donors (Lipinski definition) is 1. The molecule has 0 radical (unpaired) electrons. The zero-order valence-electron chi connectivity index (χ0n) is 14.2. The third-order valence-corrected chi connectivity index (χ3v) is 4.66. The molecule has 0 bridgehead atoms. The minimum atomic E-state index is -0.436. The van der Waals surface area contributed by atoms with E-state index in [0.29, 0.717) is 30.8 Å². The second-order valence-electron chi connectivity index (χ2n) is 6.32. The summed E-state index contributed by atoms with van der Waals surface area (Å²) in [7, 11) is 0. The molecule has 0 aliphatic carbocycles. The number of rotatable bonds is 5. The van der Waals surface area contributed by atoms with Crippen LogP contribution in [-0.2, 0) is 16.0 Å². The van der Waals surface area contributed by atoms with Gasteiger partial charge >= 0.3 is 0 Å². The van der Waals surface area contributed by atoms with Crippen molar-refractivity contribution < 1.29 is 9.59 Å². The van der Waals surface area contributed by atoms with Crippen LogP contribution in [0, 0.1) is 6.92 Å². The molecule has 2 amide bonds. The van der Waals surface area contributed by atoms with Gasteiger partial charge in [0, 0.05) is 23.7 Å². The molecule has 1 heterocycles. The quantitative estimate of drug-likeness (QED) is 0.891. The zero-order chi connectivity index (χ0) is 17.8. The van der Waals surface area contributed by atoms with Crippen molar-refractivity contribution in [1.82, 2.24) is 5.32 Å². The lowest BCUT2D eigenvalue weighted by atomic mass is 10.1. The van der Waals surface area contributed by atoms with E-state index in [1.807, 2.05) is 55.5 Å². The summed E-state index contributed by atoms with van der Waals surface area (Å²) in [5, 5.41) is 3.64. The second-order valence-corrected chi connectivity index (χ2v) is 6.76. The fourth-order valence-corrected chi connectivity index (χ4v) is 3.31. The van der Waals surface area contributed by atoms with Gasteiger partial charge in [0.15, 0.2) is 0 Å². The van der Waals surface area contributed by atoms with Crippen LogP contribution in [0.4, 0.5) is 5.69 Å². The van der Waals surface area contributed by atoms with Crippen LogP contribution >= 0.6 is 11.6 Å². The highest BCUT2D eigenvalue weighted by atomic mass is 35.5. The van der Waals surface area contributed by atoms with E-state index < -0.39 is 6.04 Å². The van der Waals surface area contributed by atoms with E-state index in [1.165, 1.54) is 0 Å². The smallest absolute Gasteiger partial charge is 0.243 e. The van der Waals surface area contributed by atoms with Gasteiger partial charge in [-0.1, -0.05) is 41.4 Å². The summed E-state index contributed by atoms with van der Waals surface area (Å²) in [6.45, 7) is 2.52. The van der Waals surface area contributed by atoms with Crippen molar-refractivity contribution in [3.8, 4) is 0 Å². The van der Waals surface area contributed by atoms with Crippen LogP contribution in [0.3, 0.4) is 0 Å². The van der Waals surface area contributed by atoms with Crippen molar-refractivity contribution in [3.63, 3.8) is 0 Å². The standard InChI is InChI=1S/C20H21ClN2O2/c1-14-5-7-17(8-6-14)23-18(9-10-19(23)24)20(25)22-12-11-15-3-2-4-16(21)13-15/h2-8,13,18H,9-12H2,1H3,(H,22,25). The molecule has 0 spiro atoms. The molecule has 25 heavy (non-hydrogen) atoms. The van der Waals surface area contributed by atoms with Crippen LogP contribution in [0.2, 0.25) is 5.02 Å². The number of nitrogens with one attached hydrogen (secondary N) is 1. The average Bonchev–Trinajstić information content (AvgIpc) is 2.97. The van der Waals surface area contributed by atoms with E-state index in [2.05, 4.69) is 5.32 Å². The van der Waals surface area contributed by atoms with Crippen LogP contribution in [0.25, 0.3) is 0 Å². The topological polar surface area (TPSA) is 49.4 Å². The van der Waals surface area contributed by atoms with Crippen LogP contribution < -0.4 is 10.2 Å². The van der Waals surface area contributed by atoms with E-state index in [0.717, 1.165) is 16.8 Å². The minimum absolute atomic E-state index is 0.00107. The highest BCUT2D eigenvalue weighted by Gasteiger charge is 2.36. The van der Waals surface area contributed by atoms with Gasteiger partial charge in [-0.25, -0.2) is 0 Å². The molecule has 1 atom stereocenters. The number of carbonyl (C=O) groups is 2. The van der Waals surface area contributed by atoms with Crippen molar-refractivity contribution in [1.29, 1.82) is 0 Å². The summed E-state index contributed by atoms with van der Waals surface area (Å²) in [6.07, 6.45) is 1.66. The van der Waals surface area contributed by atoms with E-state index in [1.54, 1.807) is 4.90 Å². The second kappa shape index (κ2) is 7.70. The maximum Gasteiger partial charge on any atom is 0.243 e. The van der Waals surface area contributed by atoms with Gasteiger partial charge in [-0.15, -0.1) is 0 Å². The lowest BCUT2D eigenvalue weighted by Gasteiger charge is -2.24. The summed E-state index contributed by atoms with van der Waals surface area (Å²) in [5.74, 6) is -0.104. The Labute approximate surface area is 152 Å². The third-order valence-electron chi connectivity index (χ3n) is 4.43. The number of hydrogen-bond acceptors (Lipinski definition) is 2. The summed E-state index contributed by atoms with van der Waals surface area (Å²) in [6, 6.07) is 14.9. The van der Waals surface area contributed by atoms with Gasteiger partial charge in [0.1, 0.15) is 6.04 Å². The third kappa shape index (κ3) is 4.20. The van der Waals surface area contributed by atoms with Crippen molar-refractivity contribution in [3.05, 3.63) is 64.7 Å². The van der Waals surface area contributed by atoms with Crippen LogP contribution in [0.15, 0.2) is 48.5 Å². The van der Waals surface area contributed by atoms with Crippen molar-refractivity contribution in [2.24, 2.45) is 0 Å². The van der Waals surface area contributed by atoms with Crippen LogP contribution in [0.1, 0.15) is 24.0 Å². The number of nitrogens with zero attached hydrogens (tertiary/aromatic N) is 1. The molecule has 1 unspecified atom stereocenters. The maximum absolute atomic E-state index is 12.6. The van der Waals surface area contributed by atoms with E-state index >= 15 is 0 Å². The Morgan fingerprint density at radius 2 is 2.00 bits per heavy atom. The molecular weight excluding hydrogens is 336 g/mol. The molecule has 5 heteroatoms. The maximum atomic E-state index is 12.6. The zero-order valence-corrected chi connectivity index (χ0v) is 14.9. The fourth-order valence-electron chi connectivity index (χ4n) is 3.10. The number of benzene rings is 2. The van der Waals surface area contributed by atoms with Gasteiger partial charge in [0.2, 0.25) is 11.8 Å². The predicted octanol–water partition coefficient (Wildman–Crippen LogP) is 3.50. The van der Waals surface area contributed by atoms with Crippen molar-refractivity contribution >= 4 is 29.1 Å². The molecular formula is C20H21ClN2O2.